The van der Waals surface area contributed by atoms with Crippen LogP contribution in [-0.2, 0) is 17.9 Å². The highest BCUT2D eigenvalue weighted by atomic mass is 16.5. The Balaban J connectivity index is 1.38. The van der Waals surface area contributed by atoms with Gasteiger partial charge in [0.05, 0.1) is 26.6 Å². The molecular weight excluding hydrogens is 472 g/mol. The Morgan fingerprint density at radius 2 is 1.92 bits per heavy atom. The minimum absolute atomic E-state index is 0.0591. The molecule has 0 spiro atoms. The molecule has 9 nitrogen and oxygen atoms in total. The van der Waals surface area contributed by atoms with Gasteiger partial charge in [0.25, 0.3) is 0 Å². The number of hydrogen-bond donors (Lipinski definition) is 1. The van der Waals surface area contributed by atoms with Gasteiger partial charge in [-0.15, -0.1) is 0 Å². The van der Waals surface area contributed by atoms with Crippen molar-refractivity contribution in [3.05, 3.63) is 72.8 Å². The molecule has 2 heterocycles. The average Bonchev–Trinajstić information content (AvgIpc) is 3.36. The number of methoxy groups -OCH3 is 1. The van der Waals surface area contributed by atoms with E-state index in [1.807, 2.05) is 59.3 Å². The third kappa shape index (κ3) is 7.71. The lowest BCUT2D eigenvalue weighted by molar-refractivity contribution is -0.132. The Morgan fingerprint density at radius 3 is 2.65 bits per heavy atom. The molecule has 1 aliphatic heterocycles. The fourth-order valence-corrected chi connectivity index (χ4v) is 4.51. The van der Waals surface area contributed by atoms with Crippen LogP contribution in [0.4, 0.5) is 0 Å². The van der Waals surface area contributed by atoms with E-state index in [1.54, 1.807) is 24.5 Å². The maximum absolute atomic E-state index is 12.2. The maximum Gasteiger partial charge on any atom is 0.219 e. The van der Waals surface area contributed by atoms with E-state index in [-0.39, 0.29) is 19.1 Å². The van der Waals surface area contributed by atoms with Crippen LogP contribution in [0.25, 0.3) is 0 Å². The highest BCUT2D eigenvalue weighted by molar-refractivity contribution is 5.73. The van der Waals surface area contributed by atoms with E-state index in [9.17, 15) is 9.90 Å². The van der Waals surface area contributed by atoms with E-state index in [0.29, 0.717) is 50.0 Å². The summed E-state index contributed by atoms with van der Waals surface area (Å²) in [5.41, 5.74) is -0.175. The summed E-state index contributed by atoms with van der Waals surface area (Å²) in [5.74, 6) is 1.99. The van der Waals surface area contributed by atoms with Crippen LogP contribution >= 0.6 is 0 Å². The summed E-state index contributed by atoms with van der Waals surface area (Å²) in [6.45, 7) is 5.40. The molecule has 0 aliphatic carbocycles. The molecule has 0 bridgehead atoms. The van der Waals surface area contributed by atoms with Gasteiger partial charge in [-0.05, 0) is 36.2 Å². The molecule has 1 saturated heterocycles. The van der Waals surface area contributed by atoms with Crippen molar-refractivity contribution in [1.82, 2.24) is 19.4 Å². The molecule has 9 heteroatoms. The first-order chi connectivity index (χ1) is 17.9. The molecule has 1 fully saturated rings. The van der Waals surface area contributed by atoms with Crippen molar-refractivity contribution in [2.45, 2.75) is 32.0 Å². The molecule has 0 radical (unpaired) electrons. The predicted molar refractivity (Wildman–Crippen MR) is 140 cm³/mol. The monoisotopic (exact) mass is 508 g/mol. The van der Waals surface area contributed by atoms with Crippen LogP contribution in [0.1, 0.15) is 18.9 Å². The van der Waals surface area contributed by atoms with Gasteiger partial charge in [0.1, 0.15) is 18.0 Å². The number of aryl methyl sites for hydroxylation is 1. The summed E-state index contributed by atoms with van der Waals surface area (Å²) in [7, 11) is 1.63. The number of benzene rings is 2. The van der Waals surface area contributed by atoms with Crippen LogP contribution in [0.2, 0.25) is 0 Å². The normalized spacial score (nSPS) is 18.3. The van der Waals surface area contributed by atoms with Gasteiger partial charge in [0.2, 0.25) is 5.91 Å². The van der Waals surface area contributed by atoms with Gasteiger partial charge in [-0.1, -0.05) is 24.3 Å². The number of β-amino-alcohol motifs (C(OH)–C–C–N with tert-alkyl or cyclic N) is 1. The molecule has 1 aromatic heterocycles. The third-order valence-corrected chi connectivity index (χ3v) is 6.40. The van der Waals surface area contributed by atoms with Crippen molar-refractivity contribution >= 4 is 5.91 Å². The Bertz CT molecular complexity index is 1120. The molecule has 4 rings (SSSR count). The average molecular weight is 509 g/mol. The van der Waals surface area contributed by atoms with Crippen molar-refractivity contribution in [1.29, 1.82) is 0 Å². The highest BCUT2D eigenvalue weighted by Gasteiger charge is 2.37. The highest BCUT2D eigenvalue weighted by Crippen LogP contribution is 2.29. The van der Waals surface area contributed by atoms with Crippen molar-refractivity contribution in [2.24, 2.45) is 0 Å². The molecule has 0 saturated carbocycles. The van der Waals surface area contributed by atoms with Crippen LogP contribution < -0.4 is 14.2 Å². The standard InChI is InChI=1S/C28H36N4O5/c1-23(33)32-15-14-31(19-28(34,20-32)21-37-25-7-4-3-5-8-25)18-24-9-10-26(27(17-24)35-2)36-16-6-12-30-13-11-29-22-30/h3-5,7-11,13,17,22,34H,6,12,14-16,18-21H2,1-2H3/t28-/m0/s1. The van der Waals surface area contributed by atoms with Crippen molar-refractivity contribution in [3.63, 3.8) is 0 Å². The van der Waals surface area contributed by atoms with Gasteiger partial charge >= 0.3 is 0 Å². The lowest BCUT2D eigenvalue weighted by atomic mass is 10.0. The van der Waals surface area contributed by atoms with Crippen molar-refractivity contribution in [3.8, 4) is 17.2 Å². The van der Waals surface area contributed by atoms with Gasteiger partial charge in [-0.3, -0.25) is 9.69 Å². The first-order valence-electron chi connectivity index (χ1n) is 12.6. The number of carbonyl (C=O) groups is 1. The first kappa shape index (κ1) is 26.5. The molecule has 1 amide bonds. The van der Waals surface area contributed by atoms with E-state index < -0.39 is 5.60 Å². The summed E-state index contributed by atoms with van der Waals surface area (Å²) < 4.78 is 19.5. The summed E-state index contributed by atoms with van der Waals surface area (Å²) >= 11 is 0. The molecule has 0 unspecified atom stereocenters. The maximum atomic E-state index is 12.2. The molecule has 1 N–H and O–H groups in total. The Labute approximate surface area is 218 Å². The minimum Gasteiger partial charge on any atom is -0.493 e. The zero-order valence-corrected chi connectivity index (χ0v) is 21.6. The summed E-state index contributed by atoms with van der Waals surface area (Å²) in [5, 5.41) is 11.5. The molecular formula is C28H36N4O5. The summed E-state index contributed by atoms with van der Waals surface area (Å²) in [4.78, 5) is 20.1. The van der Waals surface area contributed by atoms with Crippen LogP contribution in [0.15, 0.2) is 67.3 Å². The zero-order chi connectivity index (χ0) is 26.1. The second kappa shape index (κ2) is 12.6. The molecule has 1 atom stereocenters. The predicted octanol–water partition coefficient (Wildman–Crippen LogP) is 2.83. The molecule has 3 aromatic rings. The quantitative estimate of drug-likeness (QED) is 0.399. The lowest BCUT2D eigenvalue weighted by Crippen LogP contribution is -2.51. The smallest absolute Gasteiger partial charge is 0.219 e. The van der Waals surface area contributed by atoms with Crippen LogP contribution in [0.5, 0.6) is 17.2 Å². The SMILES string of the molecule is COc1cc(CN2CCN(C(C)=O)C[C@](O)(COc3ccccc3)C2)ccc1OCCCn1ccnc1. The summed E-state index contributed by atoms with van der Waals surface area (Å²) in [6.07, 6.45) is 6.35. The van der Waals surface area contributed by atoms with E-state index >= 15 is 0 Å². The van der Waals surface area contributed by atoms with Gasteiger partial charge in [0.15, 0.2) is 11.5 Å². The second-order valence-electron chi connectivity index (χ2n) is 9.47. The van der Waals surface area contributed by atoms with Gasteiger partial charge in [0, 0.05) is 52.0 Å². The number of rotatable bonds is 11. The fraction of sp³-hybridized carbons (Fsp3) is 0.429. The van der Waals surface area contributed by atoms with Crippen molar-refractivity contribution in [2.75, 3.05) is 46.5 Å². The van der Waals surface area contributed by atoms with E-state index in [1.165, 1.54) is 6.92 Å². The number of amides is 1. The number of nitrogens with zero attached hydrogens (tertiary/aromatic N) is 4. The number of aromatic nitrogens is 2. The zero-order valence-electron chi connectivity index (χ0n) is 21.6. The van der Waals surface area contributed by atoms with Crippen molar-refractivity contribution < 1.29 is 24.1 Å². The van der Waals surface area contributed by atoms with Gasteiger partial charge < -0.3 is 28.8 Å². The minimum atomic E-state index is -1.21. The lowest BCUT2D eigenvalue weighted by Gasteiger charge is -2.32. The number of imidazole rings is 1. The van der Waals surface area contributed by atoms with E-state index in [0.717, 1.165) is 18.5 Å². The molecule has 198 valence electrons. The number of carbonyl (C=O) groups excluding carboxylic acids is 1. The van der Waals surface area contributed by atoms with Crippen LogP contribution in [0, 0.1) is 0 Å². The Hall–Kier alpha value is -3.56. The Kier molecular flexibility index (Phi) is 9.03. The Morgan fingerprint density at radius 1 is 1.08 bits per heavy atom. The molecule has 1 aliphatic rings. The number of ether oxygens (including phenoxy) is 3. The van der Waals surface area contributed by atoms with Gasteiger partial charge in [-0.25, -0.2) is 4.98 Å². The van der Waals surface area contributed by atoms with E-state index in [2.05, 4.69) is 9.88 Å². The van der Waals surface area contributed by atoms with Crippen LogP contribution in [-0.4, -0.2) is 82.5 Å². The largest absolute Gasteiger partial charge is 0.493 e. The first-order valence-corrected chi connectivity index (χ1v) is 12.6. The number of hydrogen-bond acceptors (Lipinski definition) is 7. The topological polar surface area (TPSA) is 89.3 Å². The second-order valence-corrected chi connectivity index (χ2v) is 9.47. The van der Waals surface area contributed by atoms with Gasteiger partial charge in [-0.2, -0.15) is 0 Å². The number of aliphatic hydroxyl groups is 1. The molecule has 2 aromatic carbocycles. The molecule has 37 heavy (non-hydrogen) atoms. The summed E-state index contributed by atoms with van der Waals surface area (Å²) in [6, 6.07) is 15.3. The number of para-hydroxylation sites is 1. The van der Waals surface area contributed by atoms with Crippen LogP contribution in [0.3, 0.4) is 0 Å². The fourth-order valence-electron chi connectivity index (χ4n) is 4.51. The third-order valence-electron chi connectivity index (χ3n) is 6.40. The van der Waals surface area contributed by atoms with E-state index in [4.69, 9.17) is 14.2 Å².